The van der Waals surface area contributed by atoms with Crippen LogP contribution in [0, 0.1) is 29.6 Å². The summed E-state index contributed by atoms with van der Waals surface area (Å²) in [5.74, 6) is 3.98. The standard InChI is InChI=1S/C20H22O2/c1-3-20(22)11-9-18-17-6-4-13-12-14(21)5-7-15(13)16(17)8-10-19(18,20)2/h1,5,7-8,12,17-18,21-22H,4,6,9-11H2,2H3/t17?,18?,19?,20-/m0/s1. The Bertz CT molecular complexity index is 711. The van der Waals surface area contributed by atoms with Crippen molar-refractivity contribution in [1.82, 2.24) is 0 Å². The molecule has 2 N–H and O–H groups in total. The van der Waals surface area contributed by atoms with E-state index in [2.05, 4.69) is 18.9 Å². The minimum Gasteiger partial charge on any atom is -0.508 e. The highest BCUT2D eigenvalue weighted by atomic mass is 16.3. The number of phenolic OH excluding ortho intramolecular Hbond substituents is 1. The Morgan fingerprint density at radius 2 is 2.14 bits per heavy atom. The van der Waals surface area contributed by atoms with Crippen molar-refractivity contribution in [1.29, 1.82) is 0 Å². The molecule has 0 amide bonds. The van der Waals surface area contributed by atoms with Crippen molar-refractivity contribution >= 4 is 5.57 Å². The van der Waals surface area contributed by atoms with E-state index < -0.39 is 5.60 Å². The van der Waals surface area contributed by atoms with Gasteiger partial charge < -0.3 is 10.2 Å². The number of benzene rings is 1. The predicted molar refractivity (Wildman–Crippen MR) is 87.1 cm³/mol. The van der Waals surface area contributed by atoms with Crippen LogP contribution < -0.4 is 0 Å². The van der Waals surface area contributed by atoms with Gasteiger partial charge in [-0.3, -0.25) is 0 Å². The zero-order chi connectivity index (χ0) is 15.5. The van der Waals surface area contributed by atoms with E-state index in [1.54, 1.807) is 6.07 Å². The Morgan fingerprint density at radius 3 is 2.91 bits per heavy atom. The number of aromatic hydroxyl groups is 1. The van der Waals surface area contributed by atoms with Crippen LogP contribution in [0.5, 0.6) is 5.75 Å². The molecule has 3 aliphatic carbocycles. The lowest BCUT2D eigenvalue weighted by molar-refractivity contribution is -0.0299. The predicted octanol–water partition coefficient (Wildman–Crippen LogP) is 3.52. The quantitative estimate of drug-likeness (QED) is 0.719. The van der Waals surface area contributed by atoms with Gasteiger partial charge in [0.1, 0.15) is 11.4 Å². The number of aliphatic hydroxyl groups is 1. The summed E-state index contributed by atoms with van der Waals surface area (Å²) >= 11 is 0. The third-order valence-corrected chi connectivity index (χ3v) is 6.57. The van der Waals surface area contributed by atoms with E-state index in [9.17, 15) is 10.2 Å². The Balaban J connectivity index is 1.80. The summed E-state index contributed by atoms with van der Waals surface area (Å²) in [5, 5.41) is 20.6. The van der Waals surface area contributed by atoms with Crippen molar-refractivity contribution in [2.45, 2.75) is 44.6 Å². The number of fused-ring (bicyclic) bond motifs is 5. The van der Waals surface area contributed by atoms with E-state index in [4.69, 9.17) is 6.42 Å². The zero-order valence-corrected chi connectivity index (χ0v) is 13.0. The monoisotopic (exact) mass is 294 g/mol. The van der Waals surface area contributed by atoms with Crippen LogP contribution in [-0.2, 0) is 6.42 Å². The van der Waals surface area contributed by atoms with E-state index in [1.165, 1.54) is 16.7 Å². The molecular weight excluding hydrogens is 272 g/mol. The number of hydrogen-bond acceptors (Lipinski definition) is 2. The van der Waals surface area contributed by atoms with Crippen molar-refractivity contribution in [2.75, 3.05) is 0 Å². The first-order valence-corrected chi connectivity index (χ1v) is 8.21. The van der Waals surface area contributed by atoms with Gasteiger partial charge in [-0.05, 0) is 72.8 Å². The minimum atomic E-state index is -0.963. The van der Waals surface area contributed by atoms with E-state index >= 15 is 0 Å². The normalized spacial score (nSPS) is 39.2. The summed E-state index contributed by atoms with van der Waals surface area (Å²) < 4.78 is 0. The van der Waals surface area contributed by atoms with Crippen molar-refractivity contribution < 1.29 is 10.2 Å². The second-order valence-corrected chi connectivity index (χ2v) is 7.42. The molecule has 4 atom stereocenters. The van der Waals surface area contributed by atoms with Crippen molar-refractivity contribution in [3.8, 4) is 18.1 Å². The van der Waals surface area contributed by atoms with Gasteiger partial charge in [-0.15, -0.1) is 6.42 Å². The third kappa shape index (κ3) is 1.61. The molecule has 0 aliphatic heterocycles. The van der Waals surface area contributed by atoms with Gasteiger partial charge in [0.15, 0.2) is 0 Å². The number of terminal acetylenes is 1. The largest absolute Gasteiger partial charge is 0.508 e. The highest BCUT2D eigenvalue weighted by molar-refractivity contribution is 5.74. The van der Waals surface area contributed by atoms with Gasteiger partial charge in [0.05, 0.1) is 0 Å². The first-order chi connectivity index (χ1) is 10.5. The summed E-state index contributed by atoms with van der Waals surface area (Å²) in [6.45, 7) is 2.17. The molecule has 114 valence electrons. The molecule has 0 aromatic heterocycles. The molecule has 1 aromatic rings. The molecule has 2 heteroatoms. The lowest BCUT2D eigenvalue weighted by Gasteiger charge is -2.48. The van der Waals surface area contributed by atoms with Crippen LogP contribution in [-0.4, -0.2) is 15.8 Å². The van der Waals surface area contributed by atoms with Crippen LogP contribution in [0.4, 0.5) is 0 Å². The van der Waals surface area contributed by atoms with Crippen LogP contribution in [0.2, 0.25) is 0 Å². The smallest absolute Gasteiger partial charge is 0.131 e. The van der Waals surface area contributed by atoms with E-state index in [0.717, 1.165) is 25.7 Å². The molecule has 0 saturated heterocycles. The van der Waals surface area contributed by atoms with Gasteiger partial charge in [-0.2, -0.15) is 0 Å². The highest BCUT2D eigenvalue weighted by Gasteiger charge is 2.59. The number of allylic oxidation sites excluding steroid dienone is 2. The third-order valence-electron chi connectivity index (χ3n) is 6.57. The van der Waals surface area contributed by atoms with Crippen LogP contribution in [0.1, 0.15) is 43.7 Å². The summed E-state index contributed by atoms with van der Waals surface area (Å²) in [6, 6.07) is 5.72. The van der Waals surface area contributed by atoms with E-state index in [1.807, 2.05) is 12.1 Å². The van der Waals surface area contributed by atoms with Crippen LogP contribution in [0.25, 0.3) is 5.57 Å². The van der Waals surface area contributed by atoms with Gasteiger partial charge in [0.25, 0.3) is 0 Å². The maximum Gasteiger partial charge on any atom is 0.131 e. The number of rotatable bonds is 0. The fourth-order valence-electron chi connectivity index (χ4n) is 5.21. The Labute approximate surface area is 131 Å². The SMILES string of the molecule is C#C[C@]1(O)CCC2C3CCc4cc(O)ccc4C3=CCC21C. The molecule has 4 rings (SSSR count). The average Bonchev–Trinajstić information content (AvgIpc) is 2.79. The first kappa shape index (κ1) is 13.9. The summed E-state index contributed by atoms with van der Waals surface area (Å²) in [6.07, 6.45) is 12.6. The fraction of sp³-hybridized carbons (Fsp3) is 0.500. The molecule has 22 heavy (non-hydrogen) atoms. The molecule has 0 spiro atoms. The molecule has 1 aromatic carbocycles. The van der Waals surface area contributed by atoms with E-state index in [0.29, 0.717) is 24.0 Å². The average molecular weight is 294 g/mol. The summed E-state index contributed by atoms with van der Waals surface area (Å²) in [7, 11) is 0. The second-order valence-electron chi connectivity index (χ2n) is 7.42. The maximum absolute atomic E-state index is 10.9. The van der Waals surface area contributed by atoms with Crippen molar-refractivity contribution in [2.24, 2.45) is 17.3 Å². The van der Waals surface area contributed by atoms with Gasteiger partial charge >= 0.3 is 0 Å². The maximum atomic E-state index is 10.9. The molecule has 3 unspecified atom stereocenters. The van der Waals surface area contributed by atoms with E-state index in [-0.39, 0.29) is 5.41 Å². The van der Waals surface area contributed by atoms with Gasteiger partial charge in [0, 0.05) is 5.41 Å². The fourth-order valence-corrected chi connectivity index (χ4v) is 5.21. The molecular formula is C20H22O2. The first-order valence-electron chi connectivity index (χ1n) is 8.21. The van der Waals surface area contributed by atoms with Crippen molar-refractivity contribution in [3.63, 3.8) is 0 Å². The van der Waals surface area contributed by atoms with Crippen LogP contribution in [0.3, 0.4) is 0 Å². The minimum absolute atomic E-state index is 0.204. The molecule has 2 nitrogen and oxygen atoms in total. The lowest BCUT2D eigenvalue weighted by atomic mass is 9.57. The van der Waals surface area contributed by atoms with Gasteiger partial charge in [0.2, 0.25) is 0 Å². The Kier molecular flexibility index (Phi) is 2.78. The van der Waals surface area contributed by atoms with Gasteiger partial charge in [-0.25, -0.2) is 0 Å². The Morgan fingerprint density at radius 1 is 1.32 bits per heavy atom. The molecule has 3 aliphatic rings. The number of phenols is 1. The number of aryl methyl sites for hydroxylation is 1. The molecule has 1 saturated carbocycles. The van der Waals surface area contributed by atoms with Crippen LogP contribution in [0.15, 0.2) is 24.3 Å². The van der Waals surface area contributed by atoms with Crippen LogP contribution >= 0.6 is 0 Å². The highest BCUT2D eigenvalue weighted by Crippen LogP contribution is 2.62. The summed E-state index contributed by atoms with van der Waals surface area (Å²) in [4.78, 5) is 0. The van der Waals surface area contributed by atoms with Gasteiger partial charge in [-0.1, -0.05) is 25.0 Å². The Hall–Kier alpha value is -1.72. The summed E-state index contributed by atoms with van der Waals surface area (Å²) in [5.41, 5.74) is 2.77. The second kappa shape index (κ2) is 4.40. The zero-order valence-electron chi connectivity index (χ0n) is 13.0. The lowest BCUT2D eigenvalue weighted by Crippen LogP contribution is -2.47. The molecule has 1 fully saturated rings. The topological polar surface area (TPSA) is 40.5 Å². The molecule has 0 heterocycles. The van der Waals surface area contributed by atoms with Crippen molar-refractivity contribution in [3.05, 3.63) is 35.4 Å². The number of hydrogen-bond donors (Lipinski definition) is 2. The molecule has 0 radical (unpaired) electrons. The molecule has 0 bridgehead atoms.